The van der Waals surface area contributed by atoms with Crippen LogP contribution in [-0.4, -0.2) is 5.11 Å². The van der Waals surface area contributed by atoms with Crippen LogP contribution in [0.5, 0.6) is 5.75 Å². The molecule has 0 aliphatic rings. The molecule has 0 amide bonds. The van der Waals surface area contributed by atoms with Crippen LogP contribution in [0.2, 0.25) is 0 Å². The second-order valence-corrected chi connectivity index (χ2v) is 6.43. The van der Waals surface area contributed by atoms with Crippen LogP contribution in [0.1, 0.15) is 31.0 Å². The fraction of sp³-hybridized carbons (Fsp3) is 0.250. The van der Waals surface area contributed by atoms with Crippen LogP contribution in [0, 0.1) is 11.7 Å². The lowest BCUT2D eigenvalue weighted by atomic mass is 9.95. The molecule has 1 heterocycles. The average Bonchev–Trinajstić information content (AvgIpc) is 2.55. The highest BCUT2D eigenvalue weighted by Gasteiger charge is 2.16. The van der Waals surface area contributed by atoms with E-state index >= 15 is 0 Å². The number of halogens is 1. The molecule has 0 aliphatic heterocycles. The highest BCUT2D eigenvalue weighted by atomic mass is 19.1. The van der Waals surface area contributed by atoms with Gasteiger partial charge < -0.3 is 14.8 Å². The number of phenols is 1. The average molecular weight is 341 g/mol. The Balaban J connectivity index is 1.89. The molecule has 0 fully saturated rings. The van der Waals surface area contributed by atoms with Crippen molar-refractivity contribution in [2.75, 3.05) is 0 Å². The number of nitrogens with one attached hydrogen (secondary N) is 1. The van der Waals surface area contributed by atoms with E-state index in [4.69, 9.17) is 4.42 Å². The third-order valence-electron chi connectivity index (χ3n) is 4.22. The Labute approximate surface area is 144 Å². The molecule has 0 saturated heterocycles. The fourth-order valence-corrected chi connectivity index (χ4v) is 2.99. The third kappa shape index (κ3) is 3.88. The summed E-state index contributed by atoms with van der Waals surface area (Å²) in [5, 5.41) is 13.8. The Morgan fingerprint density at radius 1 is 1.12 bits per heavy atom. The van der Waals surface area contributed by atoms with Gasteiger partial charge in [-0.25, -0.2) is 9.18 Å². The van der Waals surface area contributed by atoms with Gasteiger partial charge in [0.2, 0.25) is 0 Å². The molecule has 0 radical (unpaired) electrons. The lowest BCUT2D eigenvalue weighted by Crippen LogP contribution is -2.26. The summed E-state index contributed by atoms with van der Waals surface area (Å²) in [6, 6.07) is 12.6. The molecule has 2 aromatic carbocycles. The molecular formula is C20H20FNO3. The van der Waals surface area contributed by atoms with Gasteiger partial charge in [-0.3, -0.25) is 0 Å². The second kappa shape index (κ2) is 7.07. The molecular weight excluding hydrogens is 321 g/mol. The van der Waals surface area contributed by atoms with E-state index in [0.29, 0.717) is 12.1 Å². The standard InChI is InChI=1S/C20H20FNO3/c1-12(2)20(13-3-5-15(21)6-4-13)22-11-14-9-19(24)25-18-10-16(23)7-8-17(14)18/h3-10,12,20,22-23H,11H2,1-2H3/t20-/m1/s1. The highest BCUT2D eigenvalue weighted by molar-refractivity contribution is 5.81. The predicted octanol–water partition coefficient (Wildman–Crippen LogP) is 4.12. The summed E-state index contributed by atoms with van der Waals surface area (Å²) in [7, 11) is 0. The Hall–Kier alpha value is -2.66. The lowest BCUT2D eigenvalue weighted by Gasteiger charge is -2.23. The van der Waals surface area contributed by atoms with Gasteiger partial charge in [-0.1, -0.05) is 26.0 Å². The molecule has 4 nitrogen and oxygen atoms in total. The number of fused-ring (bicyclic) bond motifs is 1. The van der Waals surface area contributed by atoms with Crippen molar-refractivity contribution in [1.29, 1.82) is 0 Å². The Morgan fingerprint density at radius 2 is 1.84 bits per heavy atom. The minimum atomic E-state index is -0.460. The van der Waals surface area contributed by atoms with E-state index in [1.165, 1.54) is 24.3 Å². The SMILES string of the molecule is CC(C)[C@@H](NCc1cc(=O)oc2cc(O)ccc12)c1ccc(F)cc1. The van der Waals surface area contributed by atoms with Crippen LogP contribution in [-0.2, 0) is 6.54 Å². The maximum atomic E-state index is 13.2. The fourth-order valence-electron chi connectivity index (χ4n) is 2.99. The van der Waals surface area contributed by atoms with E-state index in [2.05, 4.69) is 19.2 Å². The quantitative estimate of drug-likeness (QED) is 0.685. The lowest BCUT2D eigenvalue weighted by molar-refractivity contribution is 0.410. The molecule has 3 rings (SSSR count). The van der Waals surface area contributed by atoms with Crippen molar-refractivity contribution >= 4 is 11.0 Å². The van der Waals surface area contributed by atoms with Crippen LogP contribution in [0.4, 0.5) is 4.39 Å². The number of hydrogen-bond donors (Lipinski definition) is 2. The highest BCUT2D eigenvalue weighted by Crippen LogP contribution is 2.25. The zero-order chi connectivity index (χ0) is 18.0. The minimum Gasteiger partial charge on any atom is -0.508 e. The first-order chi connectivity index (χ1) is 11.9. The third-order valence-corrected chi connectivity index (χ3v) is 4.22. The number of rotatable bonds is 5. The summed E-state index contributed by atoms with van der Waals surface area (Å²) in [4.78, 5) is 11.8. The van der Waals surface area contributed by atoms with Crippen molar-refractivity contribution in [3.05, 3.63) is 75.9 Å². The van der Waals surface area contributed by atoms with Gasteiger partial charge in [-0.2, -0.15) is 0 Å². The Bertz CT molecular complexity index is 932. The van der Waals surface area contributed by atoms with E-state index in [9.17, 15) is 14.3 Å². The topological polar surface area (TPSA) is 62.5 Å². The number of phenolic OH excluding ortho intramolecular Hbond substituents is 1. The summed E-state index contributed by atoms with van der Waals surface area (Å²) in [5.74, 6) is 0.0609. The summed E-state index contributed by atoms with van der Waals surface area (Å²) in [6.07, 6.45) is 0. The van der Waals surface area contributed by atoms with E-state index in [-0.39, 0.29) is 23.5 Å². The molecule has 0 saturated carbocycles. The van der Waals surface area contributed by atoms with E-state index in [0.717, 1.165) is 16.5 Å². The second-order valence-electron chi connectivity index (χ2n) is 6.43. The number of aromatic hydroxyl groups is 1. The maximum Gasteiger partial charge on any atom is 0.336 e. The molecule has 0 aliphatic carbocycles. The first-order valence-electron chi connectivity index (χ1n) is 8.18. The molecule has 5 heteroatoms. The molecule has 0 unspecified atom stereocenters. The van der Waals surface area contributed by atoms with Crippen LogP contribution in [0.15, 0.2) is 57.7 Å². The monoisotopic (exact) mass is 341 g/mol. The van der Waals surface area contributed by atoms with Crippen LogP contribution in [0.25, 0.3) is 11.0 Å². The van der Waals surface area contributed by atoms with E-state index in [1.54, 1.807) is 24.3 Å². The van der Waals surface area contributed by atoms with Crippen molar-refractivity contribution in [1.82, 2.24) is 5.32 Å². The normalized spacial score (nSPS) is 12.6. The van der Waals surface area contributed by atoms with Crippen molar-refractivity contribution in [2.45, 2.75) is 26.4 Å². The molecule has 2 N–H and O–H groups in total. The molecule has 3 aromatic rings. The summed E-state index contributed by atoms with van der Waals surface area (Å²) in [5.41, 5.74) is 1.67. The van der Waals surface area contributed by atoms with Crippen molar-refractivity contribution in [2.24, 2.45) is 5.92 Å². The Kier molecular flexibility index (Phi) is 4.86. The number of benzene rings is 2. The van der Waals surface area contributed by atoms with Gasteiger partial charge in [0, 0.05) is 30.1 Å². The molecule has 0 bridgehead atoms. The van der Waals surface area contributed by atoms with E-state index in [1.807, 2.05) is 0 Å². The zero-order valence-corrected chi connectivity index (χ0v) is 14.1. The molecule has 130 valence electrons. The van der Waals surface area contributed by atoms with Gasteiger partial charge in [0.1, 0.15) is 17.1 Å². The van der Waals surface area contributed by atoms with E-state index < -0.39 is 5.63 Å². The molecule has 0 spiro atoms. The predicted molar refractivity (Wildman–Crippen MR) is 95.0 cm³/mol. The van der Waals surface area contributed by atoms with Gasteiger partial charge in [0.05, 0.1) is 0 Å². The van der Waals surface area contributed by atoms with Gasteiger partial charge >= 0.3 is 5.63 Å². The number of hydrogen-bond acceptors (Lipinski definition) is 4. The first kappa shape index (κ1) is 17.2. The van der Waals surface area contributed by atoms with Crippen LogP contribution in [0.3, 0.4) is 0 Å². The minimum absolute atomic E-state index is 0.0139. The van der Waals surface area contributed by atoms with Crippen LogP contribution >= 0.6 is 0 Å². The smallest absolute Gasteiger partial charge is 0.336 e. The summed E-state index contributed by atoms with van der Waals surface area (Å²) in [6.45, 7) is 4.61. The van der Waals surface area contributed by atoms with Gasteiger partial charge in [-0.15, -0.1) is 0 Å². The van der Waals surface area contributed by atoms with Crippen molar-refractivity contribution in [3.8, 4) is 5.75 Å². The molecule has 25 heavy (non-hydrogen) atoms. The molecule has 1 aromatic heterocycles. The Morgan fingerprint density at radius 3 is 2.52 bits per heavy atom. The maximum absolute atomic E-state index is 13.2. The summed E-state index contributed by atoms with van der Waals surface area (Å²) < 4.78 is 18.3. The van der Waals surface area contributed by atoms with Crippen LogP contribution < -0.4 is 10.9 Å². The van der Waals surface area contributed by atoms with Gasteiger partial charge in [0.15, 0.2) is 0 Å². The first-order valence-corrected chi connectivity index (χ1v) is 8.18. The van der Waals surface area contributed by atoms with Gasteiger partial charge in [0.25, 0.3) is 0 Å². The molecule has 1 atom stereocenters. The van der Waals surface area contributed by atoms with Gasteiger partial charge in [-0.05, 0) is 41.3 Å². The van der Waals surface area contributed by atoms with Crippen molar-refractivity contribution < 1.29 is 13.9 Å². The zero-order valence-electron chi connectivity index (χ0n) is 14.1. The van der Waals surface area contributed by atoms with Crippen molar-refractivity contribution in [3.63, 3.8) is 0 Å². The largest absolute Gasteiger partial charge is 0.508 e. The summed E-state index contributed by atoms with van der Waals surface area (Å²) >= 11 is 0.